The molecule has 0 aliphatic carbocycles. The quantitative estimate of drug-likeness (QED) is 0.195. The van der Waals surface area contributed by atoms with Crippen LogP contribution in [0.15, 0.2) is 36.7 Å². The first-order chi connectivity index (χ1) is 17.9. The van der Waals surface area contributed by atoms with Gasteiger partial charge in [0.05, 0.1) is 23.3 Å². The van der Waals surface area contributed by atoms with Crippen molar-refractivity contribution in [1.29, 1.82) is 0 Å². The van der Waals surface area contributed by atoms with E-state index in [1.807, 2.05) is 40.0 Å². The molecule has 0 amide bonds. The Labute approximate surface area is 226 Å². The van der Waals surface area contributed by atoms with Gasteiger partial charge in [-0.1, -0.05) is 58.7 Å². The normalized spacial score (nSPS) is 11.9. The van der Waals surface area contributed by atoms with Crippen molar-refractivity contribution in [1.82, 2.24) is 15.3 Å². The zero-order chi connectivity index (χ0) is 27.8. The highest BCUT2D eigenvalue weighted by Gasteiger charge is 2.14. The van der Waals surface area contributed by atoms with E-state index in [1.54, 1.807) is 19.2 Å². The number of aromatic nitrogens is 2. The maximum absolute atomic E-state index is 14.1. The molecule has 3 aromatic rings. The highest BCUT2D eigenvalue weighted by Crippen LogP contribution is 2.31. The van der Waals surface area contributed by atoms with Crippen LogP contribution in [0.3, 0.4) is 0 Å². The Kier molecular flexibility index (Phi) is 15.4. The number of carbonyl (C=O) groups excluding carboxylic acids is 1. The topological polar surface area (TPSA) is 76.1 Å². The number of halogens is 2. The fraction of sp³-hybridized carbons (Fsp3) is 0.483. The van der Waals surface area contributed by atoms with E-state index < -0.39 is 5.82 Å². The number of hydrogen-bond acceptors (Lipinski definition) is 6. The van der Waals surface area contributed by atoms with Gasteiger partial charge in [0, 0.05) is 17.4 Å². The molecule has 1 heterocycles. The van der Waals surface area contributed by atoms with Crippen LogP contribution in [0.25, 0.3) is 10.9 Å². The Bertz CT molecular complexity index is 1100. The Morgan fingerprint density at radius 3 is 2.51 bits per heavy atom. The third-order valence-corrected chi connectivity index (χ3v) is 6.43. The molecule has 204 valence electrons. The molecule has 6 nitrogen and oxygen atoms in total. The van der Waals surface area contributed by atoms with Gasteiger partial charge in [0.2, 0.25) is 0 Å². The van der Waals surface area contributed by atoms with Crippen LogP contribution in [0, 0.1) is 17.7 Å². The van der Waals surface area contributed by atoms with Gasteiger partial charge in [0.1, 0.15) is 24.2 Å². The number of anilines is 2. The van der Waals surface area contributed by atoms with Crippen LogP contribution < -0.4 is 15.4 Å². The minimum absolute atomic E-state index is 0.0595. The molecule has 0 saturated heterocycles. The summed E-state index contributed by atoms with van der Waals surface area (Å²) in [4.78, 5) is 19.2. The van der Waals surface area contributed by atoms with Crippen molar-refractivity contribution in [2.75, 3.05) is 26.0 Å². The van der Waals surface area contributed by atoms with Crippen LogP contribution >= 0.6 is 11.6 Å². The summed E-state index contributed by atoms with van der Waals surface area (Å²) in [6.45, 7) is 11.3. The summed E-state index contributed by atoms with van der Waals surface area (Å²) in [5.74, 6) is 1.60. The second-order valence-corrected chi connectivity index (χ2v) is 8.82. The largest absolute Gasteiger partial charge is 0.496 e. The van der Waals surface area contributed by atoms with Gasteiger partial charge in [0.15, 0.2) is 5.82 Å². The molecule has 8 heteroatoms. The standard InChI is InChI=1S/C17H15ClFN3O.C10H21NO.C2H6/c1-3-10-7-11-14(8-15(10)23-2)20-9-21-17(11)22-13-6-4-5-12(18)16(13)19;1-4-9(2)10(8-12)6-5-7-11-3;1-2/h4-9H,3H2,1-2H3,(H,20,21,22);8-11H,4-7H2,1-3H3;1-2H3. The number of ether oxygens (including phenoxy) is 1. The number of nitrogens with zero attached hydrogens (tertiary/aromatic N) is 2. The maximum Gasteiger partial charge on any atom is 0.165 e. The number of rotatable bonds is 11. The van der Waals surface area contributed by atoms with Gasteiger partial charge in [-0.05, 0) is 62.5 Å². The zero-order valence-corrected chi connectivity index (χ0v) is 24.0. The first-order valence-corrected chi connectivity index (χ1v) is 13.4. The van der Waals surface area contributed by atoms with Gasteiger partial charge < -0.3 is 20.2 Å². The number of aldehydes is 1. The summed E-state index contributed by atoms with van der Waals surface area (Å²) in [5.41, 5.74) is 2.02. The Hall–Kier alpha value is -2.77. The summed E-state index contributed by atoms with van der Waals surface area (Å²) < 4.78 is 19.5. The fourth-order valence-electron chi connectivity index (χ4n) is 3.73. The molecule has 0 aliphatic heterocycles. The number of nitrogens with one attached hydrogen (secondary N) is 2. The van der Waals surface area contributed by atoms with Gasteiger partial charge in [-0.3, -0.25) is 0 Å². The number of hydrogen-bond donors (Lipinski definition) is 2. The van der Waals surface area contributed by atoms with Crippen LogP contribution in [0.1, 0.15) is 59.4 Å². The second kappa shape index (κ2) is 17.6. The molecule has 0 radical (unpaired) electrons. The summed E-state index contributed by atoms with van der Waals surface area (Å²) in [7, 11) is 3.57. The minimum atomic E-state index is -0.509. The van der Waals surface area contributed by atoms with Gasteiger partial charge in [-0.15, -0.1) is 0 Å². The number of aryl methyl sites for hydroxylation is 1. The van der Waals surface area contributed by atoms with E-state index in [2.05, 4.69) is 34.4 Å². The molecule has 2 unspecified atom stereocenters. The number of carbonyl (C=O) groups is 1. The second-order valence-electron chi connectivity index (χ2n) is 8.41. The van der Waals surface area contributed by atoms with Gasteiger partial charge in [-0.2, -0.15) is 0 Å². The SMILES string of the molecule is CC.CCC(C)C(C=O)CCCNC.CCc1cc2c(Nc3cccc(Cl)c3F)ncnc2cc1OC. The first kappa shape index (κ1) is 32.3. The third kappa shape index (κ3) is 9.56. The summed E-state index contributed by atoms with van der Waals surface area (Å²) in [5, 5.41) is 6.94. The smallest absolute Gasteiger partial charge is 0.165 e. The molecule has 0 fully saturated rings. The minimum Gasteiger partial charge on any atom is -0.496 e. The van der Waals surface area contributed by atoms with Gasteiger partial charge in [0.25, 0.3) is 0 Å². The van der Waals surface area contributed by atoms with E-state index in [0.717, 1.165) is 60.7 Å². The van der Waals surface area contributed by atoms with Crippen molar-refractivity contribution in [3.8, 4) is 5.75 Å². The van der Waals surface area contributed by atoms with Crippen LogP contribution in [-0.2, 0) is 11.2 Å². The zero-order valence-electron chi connectivity index (χ0n) is 23.2. The number of methoxy groups -OCH3 is 1. The molecular weight excluding hydrogens is 491 g/mol. The highest BCUT2D eigenvalue weighted by molar-refractivity contribution is 6.31. The van der Waals surface area contributed by atoms with Crippen LogP contribution in [0.2, 0.25) is 5.02 Å². The molecule has 0 spiro atoms. The first-order valence-electron chi connectivity index (χ1n) is 13.0. The van der Waals surface area contributed by atoms with Crippen molar-refractivity contribution >= 4 is 40.3 Å². The molecule has 1 aromatic heterocycles. The van der Waals surface area contributed by atoms with Gasteiger partial charge >= 0.3 is 0 Å². The van der Waals surface area contributed by atoms with Crippen molar-refractivity contribution in [3.63, 3.8) is 0 Å². The molecule has 2 atom stereocenters. The van der Waals surface area contributed by atoms with Crippen molar-refractivity contribution in [2.45, 2.75) is 60.3 Å². The molecular formula is C29H42ClFN4O2. The van der Waals surface area contributed by atoms with Crippen LogP contribution in [-0.4, -0.2) is 37.0 Å². The molecule has 0 aliphatic rings. The number of benzene rings is 2. The summed E-state index contributed by atoms with van der Waals surface area (Å²) in [6.07, 6.45) is 6.58. The summed E-state index contributed by atoms with van der Waals surface area (Å²) in [6, 6.07) is 8.60. The predicted molar refractivity (Wildman–Crippen MR) is 154 cm³/mol. The Morgan fingerprint density at radius 2 is 1.92 bits per heavy atom. The number of fused-ring (bicyclic) bond motifs is 1. The lowest BCUT2D eigenvalue weighted by Crippen LogP contribution is -2.15. The lowest BCUT2D eigenvalue weighted by molar-refractivity contribution is -0.112. The maximum atomic E-state index is 14.1. The lowest BCUT2D eigenvalue weighted by Gasteiger charge is -2.16. The average molecular weight is 533 g/mol. The van der Waals surface area contributed by atoms with Crippen LogP contribution in [0.4, 0.5) is 15.9 Å². The third-order valence-electron chi connectivity index (χ3n) is 6.14. The Balaban J connectivity index is 0.000000417. The Morgan fingerprint density at radius 1 is 1.19 bits per heavy atom. The van der Waals surface area contributed by atoms with E-state index in [9.17, 15) is 9.18 Å². The molecule has 2 N–H and O–H groups in total. The molecule has 2 aromatic carbocycles. The molecule has 3 rings (SSSR count). The van der Waals surface area contributed by atoms with Crippen molar-refractivity contribution < 1.29 is 13.9 Å². The van der Waals surface area contributed by atoms with E-state index in [1.165, 1.54) is 12.4 Å². The highest BCUT2D eigenvalue weighted by atomic mass is 35.5. The van der Waals surface area contributed by atoms with Crippen LogP contribution in [0.5, 0.6) is 5.75 Å². The van der Waals surface area contributed by atoms with Gasteiger partial charge in [-0.25, -0.2) is 14.4 Å². The molecule has 0 bridgehead atoms. The monoisotopic (exact) mass is 532 g/mol. The molecule has 37 heavy (non-hydrogen) atoms. The fourth-order valence-corrected chi connectivity index (χ4v) is 3.90. The average Bonchev–Trinajstić information content (AvgIpc) is 2.94. The van der Waals surface area contributed by atoms with E-state index >= 15 is 0 Å². The lowest BCUT2D eigenvalue weighted by atomic mass is 9.89. The van der Waals surface area contributed by atoms with Crippen molar-refractivity contribution in [3.05, 3.63) is 53.1 Å². The van der Waals surface area contributed by atoms with Crippen molar-refractivity contribution in [2.24, 2.45) is 11.8 Å². The van der Waals surface area contributed by atoms with E-state index in [-0.39, 0.29) is 16.6 Å². The summed E-state index contributed by atoms with van der Waals surface area (Å²) >= 11 is 5.82. The molecule has 0 saturated carbocycles. The predicted octanol–water partition coefficient (Wildman–Crippen LogP) is 7.61. The van der Waals surface area contributed by atoms with E-state index in [0.29, 0.717) is 11.7 Å². The van der Waals surface area contributed by atoms with E-state index in [4.69, 9.17) is 16.3 Å².